The molecule has 1 aromatic heterocycles. The normalized spacial score (nSPS) is 13.6. The van der Waals surface area contributed by atoms with Crippen LogP contribution in [-0.2, 0) is 16.1 Å². The number of benzene rings is 2. The van der Waals surface area contributed by atoms with E-state index in [1.807, 2.05) is 6.07 Å². The second kappa shape index (κ2) is 8.27. The second-order valence-corrected chi connectivity index (χ2v) is 6.94. The van der Waals surface area contributed by atoms with Crippen LogP contribution in [-0.4, -0.2) is 34.7 Å². The van der Waals surface area contributed by atoms with Gasteiger partial charge in [0.05, 0.1) is 29.5 Å². The summed E-state index contributed by atoms with van der Waals surface area (Å²) in [7, 11) is 0. The van der Waals surface area contributed by atoms with E-state index in [-0.39, 0.29) is 23.2 Å². The van der Waals surface area contributed by atoms with Crippen LogP contribution in [0.3, 0.4) is 0 Å². The van der Waals surface area contributed by atoms with Crippen molar-refractivity contribution < 1.29 is 28.3 Å². The van der Waals surface area contributed by atoms with Gasteiger partial charge in [-0.2, -0.15) is 0 Å². The zero-order valence-corrected chi connectivity index (χ0v) is 16.5. The van der Waals surface area contributed by atoms with Gasteiger partial charge in [-0.15, -0.1) is 0 Å². The van der Waals surface area contributed by atoms with E-state index in [2.05, 4.69) is 5.32 Å². The molecule has 2 aromatic carbocycles. The fourth-order valence-corrected chi connectivity index (χ4v) is 3.17. The van der Waals surface area contributed by atoms with E-state index in [1.54, 1.807) is 36.4 Å². The molecule has 8 nitrogen and oxygen atoms in total. The van der Waals surface area contributed by atoms with E-state index in [9.17, 15) is 19.2 Å². The number of para-hydroxylation sites is 1. The Kier molecular flexibility index (Phi) is 5.36. The molecule has 0 bridgehead atoms. The van der Waals surface area contributed by atoms with E-state index in [1.165, 1.54) is 31.4 Å². The van der Waals surface area contributed by atoms with Crippen LogP contribution in [0.5, 0.6) is 0 Å². The lowest BCUT2D eigenvalue weighted by Gasteiger charge is -2.13. The lowest BCUT2D eigenvalue weighted by Crippen LogP contribution is -2.30. The first kappa shape index (κ1) is 20.1. The number of anilines is 1. The number of esters is 1. The van der Waals surface area contributed by atoms with Crippen molar-refractivity contribution in [1.29, 1.82) is 0 Å². The highest BCUT2D eigenvalue weighted by Gasteiger charge is 2.36. The third-order valence-electron chi connectivity index (χ3n) is 4.79. The molecule has 4 rings (SSSR count). The van der Waals surface area contributed by atoms with E-state index in [0.29, 0.717) is 11.4 Å². The molecule has 0 saturated heterocycles. The summed E-state index contributed by atoms with van der Waals surface area (Å²) < 4.78 is 10.4. The quantitative estimate of drug-likeness (QED) is 0.487. The third kappa shape index (κ3) is 4.09. The fraction of sp³-hybridized carbons (Fsp3) is 0.130. The average Bonchev–Trinajstić information content (AvgIpc) is 3.37. The van der Waals surface area contributed by atoms with Crippen LogP contribution < -0.4 is 5.32 Å². The summed E-state index contributed by atoms with van der Waals surface area (Å²) in [6.07, 6.45) is 0.394. The maximum absolute atomic E-state index is 12.7. The van der Waals surface area contributed by atoms with Gasteiger partial charge >= 0.3 is 5.97 Å². The van der Waals surface area contributed by atoms with Gasteiger partial charge in [0.1, 0.15) is 5.76 Å². The van der Waals surface area contributed by atoms with Crippen LogP contribution in [0.25, 0.3) is 0 Å². The Balaban J connectivity index is 1.45. The Morgan fingerprint density at radius 3 is 2.45 bits per heavy atom. The van der Waals surface area contributed by atoms with Gasteiger partial charge in [0, 0.05) is 5.69 Å². The summed E-state index contributed by atoms with van der Waals surface area (Å²) >= 11 is 0. The predicted octanol–water partition coefficient (Wildman–Crippen LogP) is 3.26. The summed E-state index contributed by atoms with van der Waals surface area (Å²) in [6, 6.07) is 16.2. The van der Waals surface area contributed by atoms with Gasteiger partial charge in [0.2, 0.25) is 0 Å². The molecular formula is C23H18N2O6. The molecule has 1 aliphatic rings. The molecule has 1 aliphatic heterocycles. The molecular weight excluding hydrogens is 400 g/mol. The van der Waals surface area contributed by atoms with Crippen LogP contribution in [0.4, 0.5) is 5.69 Å². The summed E-state index contributed by atoms with van der Waals surface area (Å²) in [5, 5.41) is 2.65. The van der Waals surface area contributed by atoms with Crippen molar-refractivity contribution in [3.8, 4) is 0 Å². The molecule has 31 heavy (non-hydrogen) atoms. The Morgan fingerprint density at radius 1 is 1.00 bits per heavy atom. The van der Waals surface area contributed by atoms with Crippen molar-refractivity contribution in [1.82, 2.24) is 4.90 Å². The maximum Gasteiger partial charge on any atom is 0.338 e. The Hall–Kier alpha value is -4.20. The number of fused-ring (bicyclic) bond motifs is 1. The van der Waals surface area contributed by atoms with Gasteiger partial charge < -0.3 is 14.5 Å². The number of carbonyl (C=O) groups is 4. The van der Waals surface area contributed by atoms with Crippen LogP contribution >= 0.6 is 0 Å². The van der Waals surface area contributed by atoms with Gasteiger partial charge in [0.25, 0.3) is 17.7 Å². The Morgan fingerprint density at radius 2 is 1.74 bits per heavy atom. The molecule has 8 heteroatoms. The average molecular weight is 418 g/mol. The minimum atomic E-state index is -1.06. The van der Waals surface area contributed by atoms with Crippen LogP contribution in [0.15, 0.2) is 71.3 Å². The van der Waals surface area contributed by atoms with Crippen molar-refractivity contribution in [3.63, 3.8) is 0 Å². The van der Waals surface area contributed by atoms with Gasteiger partial charge in [-0.25, -0.2) is 4.79 Å². The van der Waals surface area contributed by atoms with Gasteiger partial charge in [-0.05, 0) is 49.4 Å². The standard InChI is InChI=1S/C23H18N2O6/c1-14(20(26)24-16-6-3-2-4-7-16)31-23(29)15-9-10-18-19(12-15)22(28)25(21(18)27)13-17-8-5-11-30-17/h2-12,14H,13H2,1H3,(H,24,26)/t14-/m0/s1. The highest BCUT2D eigenvalue weighted by molar-refractivity contribution is 6.21. The number of carbonyl (C=O) groups excluding carboxylic acids is 4. The highest BCUT2D eigenvalue weighted by Crippen LogP contribution is 2.26. The van der Waals surface area contributed by atoms with Crippen molar-refractivity contribution >= 4 is 29.4 Å². The maximum atomic E-state index is 12.7. The Labute approximate surface area is 177 Å². The predicted molar refractivity (Wildman–Crippen MR) is 109 cm³/mol. The topological polar surface area (TPSA) is 106 Å². The molecule has 3 amide bonds. The van der Waals surface area contributed by atoms with Gasteiger partial charge in [0.15, 0.2) is 6.10 Å². The van der Waals surface area contributed by atoms with E-state index >= 15 is 0 Å². The molecule has 2 heterocycles. The summed E-state index contributed by atoms with van der Waals surface area (Å²) in [6.45, 7) is 1.44. The number of ether oxygens (including phenoxy) is 1. The largest absolute Gasteiger partial charge is 0.467 e. The van der Waals surface area contributed by atoms with E-state index in [0.717, 1.165) is 4.90 Å². The van der Waals surface area contributed by atoms with Gasteiger partial charge in [-0.1, -0.05) is 18.2 Å². The van der Waals surface area contributed by atoms with Crippen molar-refractivity contribution in [2.24, 2.45) is 0 Å². The molecule has 0 spiro atoms. The summed E-state index contributed by atoms with van der Waals surface area (Å²) in [5.41, 5.74) is 0.947. The van der Waals surface area contributed by atoms with Crippen LogP contribution in [0.1, 0.15) is 43.8 Å². The molecule has 1 atom stereocenters. The molecule has 156 valence electrons. The lowest BCUT2D eigenvalue weighted by atomic mass is 10.1. The molecule has 0 radical (unpaired) electrons. The zero-order valence-electron chi connectivity index (χ0n) is 16.5. The summed E-state index contributed by atoms with van der Waals surface area (Å²) in [4.78, 5) is 51.1. The first-order chi connectivity index (χ1) is 14.9. The molecule has 1 N–H and O–H groups in total. The monoisotopic (exact) mass is 418 g/mol. The highest BCUT2D eigenvalue weighted by atomic mass is 16.5. The molecule has 0 aliphatic carbocycles. The molecule has 0 fully saturated rings. The first-order valence-electron chi connectivity index (χ1n) is 9.53. The number of amides is 3. The van der Waals surface area contributed by atoms with Crippen molar-refractivity contribution in [2.45, 2.75) is 19.6 Å². The van der Waals surface area contributed by atoms with Crippen LogP contribution in [0.2, 0.25) is 0 Å². The number of rotatable bonds is 6. The number of hydrogen-bond donors (Lipinski definition) is 1. The van der Waals surface area contributed by atoms with E-state index in [4.69, 9.17) is 9.15 Å². The van der Waals surface area contributed by atoms with Gasteiger partial charge in [-0.3, -0.25) is 19.3 Å². The third-order valence-corrected chi connectivity index (χ3v) is 4.79. The smallest absolute Gasteiger partial charge is 0.338 e. The number of furan rings is 1. The number of imide groups is 1. The molecule has 0 saturated carbocycles. The second-order valence-electron chi connectivity index (χ2n) is 6.94. The minimum Gasteiger partial charge on any atom is -0.467 e. The Bertz CT molecular complexity index is 1150. The minimum absolute atomic E-state index is 0.00415. The fourth-order valence-electron chi connectivity index (χ4n) is 3.17. The molecule has 0 unspecified atom stereocenters. The first-order valence-corrected chi connectivity index (χ1v) is 9.53. The van der Waals surface area contributed by atoms with E-state index < -0.39 is 29.8 Å². The van der Waals surface area contributed by atoms with Crippen molar-refractivity contribution in [2.75, 3.05) is 5.32 Å². The summed E-state index contributed by atoms with van der Waals surface area (Å²) in [5.74, 6) is -1.79. The SMILES string of the molecule is C[C@H](OC(=O)c1ccc2c(c1)C(=O)N(Cc1ccco1)C2=O)C(=O)Nc1ccccc1. The number of hydrogen-bond acceptors (Lipinski definition) is 6. The lowest BCUT2D eigenvalue weighted by molar-refractivity contribution is -0.123. The molecule has 3 aromatic rings. The number of nitrogens with zero attached hydrogens (tertiary/aromatic N) is 1. The number of nitrogens with one attached hydrogen (secondary N) is 1. The zero-order chi connectivity index (χ0) is 22.0. The van der Waals surface area contributed by atoms with Crippen LogP contribution in [0, 0.1) is 0 Å². The van der Waals surface area contributed by atoms with Crippen molar-refractivity contribution in [3.05, 3.63) is 89.4 Å².